The molecular formula is C30H33N5O7. The summed E-state index contributed by atoms with van der Waals surface area (Å²) in [6, 6.07) is 12.4. The third-order valence-electron chi connectivity index (χ3n) is 7.29. The van der Waals surface area contributed by atoms with Crippen molar-refractivity contribution in [1.82, 2.24) is 14.8 Å². The highest BCUT2D eigenvalue weighted by Crippen LogP contribution is 2.34. The number of likely N-dealkylation sites (N-methyl/N-ethyl adjacent to an activating group) is 1. The van der Waals surface area contributed by atoms with E-state index in [1.54, 1.807) is 67.4 Å². The normalized spacial score (nSPS) is 18.2. The number of carbonyl (C=O) groups excluding carboxylic acids is 3. The molecule has 2 aliphatic rings. The smallest absolute Gasteiger partial charge is 0.321 e. The molecule has 4 amide bonds. The first-order valence-corrected chi connectivity index (χ1v) is 13.6. The second-order valence-electron chi connectivity index (χ2n) is 10.4. The maximum atomic E-state index is 13.7. The zero-order valence-corrected chi connectivity index (χ0v) is 23.6. The van der Waals surface area contributed by atoms with Gasteiger partial charge in [-0.1, -0.05) is 6.92 Å². The van der Waals surface area contributed by atoms with E-state index < -0.39 is 12.1 Å². The Morgan fingerprint density at radius 1 is 1.05 bits per heavy atom. The highest BCUT2D eigenvalue weighted by Gasteiger charge is 2.34. The molecular weight excluding hydrogens is 542 g/mol. The fourth-order valence-electron chi connectivity index (χ4n) is 4.77. The summed E-state index contributed by atoms with van der Waals surface area (Å²) in [7, 11) is 1.66. The summed E-state index contributed by atoms with van der Waals surface area (Å²) < 4.78 is 17.1. The zero-order valence-electron chi connectivity index (χ0n) is 23.6. The summed E-state index contributed by atoms with van der Waals surface area (Å²) in [5, 5.41) is 15.6. The number of anilines is 2. The number of fused-ring (bicyclic) bond motifs is 2. The SMILES string of the molecule is C[C@@H]1CN([C@H](C)CO)C(=O)c2cc(NC(=O)c3ccncc3)ccc2O[C@@H]1CN(C)C(=O)Nc1ccc2c(c1)OCO2. The lowest BCUT2D eigenvalue weighted by atomic mass is 9.99. The van der Waals surface area contributed by atoms with E-state index in [1.807, 2.05) is 6.92 Å². The van der Waals surface area contributed by atoms with Gasteiger partial charge in [0.2, 0.25) is 6.79 Å². The number of aromatic nitrogens is 1. The van der Waals surface area contributed by atoms with Gasteiger partial charge in [-0.2, -0.15) is 0 Å². The molecule has 0 saturated heterocycles. The minimum atomic E-state index is -0.491. The second-order valence-corrected chi connectivity index (χ2v) is 10.4. The first kappa shape index (κ1) is 28.7. The van der Waals surface area contributed by atoms with E-state index >= 15 is 0 Å². The van der Waals surface area contributed by atoms with Gasteiger partial charge >= 0.3 is 6.03 Å². The van der Waals surface area contributed by atoms with Gasteiger partial charge in [0.05, 0.1) is 24.8 Å². The summed E-state index contributed by atoms with van der Waals surface area (Å²) in [6.45, 7) is 4.12. The average Bonchev–Trinajstić information content (AvgIpc) is 3.47. The third kappa shape index (κ3) is 6.23. The monoisotopic (exact) mass is 575 g/mol. The zero-order chi connectivity index (χ0) is 29.8. The Hall–Kier alpha value is -4.84. The lowest BCUT2D eigenvalue weighted by Gasteiger charge is -2.38. The molecule has 220 valence electrons. The summed E-state index contributed by atoms with van der Waals surface area (Å²) in [5.74, 6) is 0.627. The largest absolute Gasteiger partial charge is 0.487 e. The molecule has 0 bridgehead atoms. The Balaban J connectivity index is 1.36. The molecule has 3 atom stereocenters. The number of nitrogens with one attached hydrogen (secondary N) is 2. The van der Waals surface area contributed by atoms with E-state index in [1.165, 1.54) is 17.3 Å². The highest BCUT2D eigenvalue weighted by molar-refractivity contribution is 6.05. The van der Waals surface area contributed by atoms with Crippen molar-refractivity contribution >= 4 is 29.2 Å². The predicted molar refractivity (Wildman–Crippen MR) is 154 cm³/mol. The van der Waals surface area contributed by atoms with Crippen LogP contribution < -0.4 is 24.8 Å². The van der Waals surface area contributed by atoms with Gasteiger partial charge in [-0.25, -0.2) is 4.79 Å². The Bertz CT molecular complexity index is 1470. The molecule has 42 heavy (non-hydrogen) atoms. The van der Waals surface area contributed by atoms with E-state index in [-0.39, 0.29) is 55.8 Å². The topological polar surface area (TPSA) is 143 Å². The van der Waals surface area contributed by atoms with Gasteiger partial charge in [-0.15, -0.1) is 0 Å². The van der Waals surface area contributed by atoms with Gasteiger partial charge in [-0.3, -0.25) is 14.6 Å². The molecule has 12 heteroatoms. The first-order valence-electron chi connectivity index (χ1n) is 13.6. The van der Waals surface area contributed by atoms with Crippen molar-refractivity contribution in [3.05, 3.63) is 72.1 Å². The van der Waals surface area contributed by atoms with Gasteiger partial charge in [0.15, 0.2) is 11.5 Å². The van der Waals surface area contributed by atoms with Gasteiger partial charge in [0.25, 0.3) is 11.8 Å². The summed E-state index contributed by atoms with van der Waals surface area (Å²) in [6.07, 6.45) is 2.55. The summed E-state index contributed by atoms with van der Waals surface area (Å²) >= 11 is 0. The second kappa shape index (κ2) is 12.4. The van der Waals surface area contributed by atoms with E-state index in [0.29, 0.717) is 34.2 Å². The quantitative estimate of drug-likeness (QED) is 0.389. The van der Waals surface area contributed by atoms with E-state index in [0.717, 1.165) is 0 Å². The summed E-state index contributed by atoms with van der Waals surface area (Å²) in [5.41, 5.74) is 1.63. The van der Waals surface area contributed by atoms with E-state index in [2.05, 4.69) is 15.6 Å². The molecule has 12 nitrogen and oxygen atoms in total. The number of benzene rings is 2. The molecule has 1 aromatic heterocycles. The minimum Gasteiger partial charge on any atom is -0.487 e. The number of aliphatic hydroxyl groups excluding tert-OH is 1. The molecule has 0 radical (unpaired) electrons. The maximum absolute atomic E-state index is 13.7. The fraction of sp³-hybridized carbons (Fsp3) is 0.333. The molecule has 5 rings (SSSR count). The Morgan fingerprint density at radius 3 is 2.48 bits per heavy atom. The third-order valence-corrected chi connectivity index (χ3v) is 7.29. The van der Waals surface area contributed by atoms with Crippen LogP contribution in [0.5, 0.6) is 17.2 Å². The number of aliphatic hydroxyl groups is 1. The van der Waals surface area contributed by atoms with Crippen molar-refractivity contribution < 1.29 is 33.7 Å². The number of nitrogens with zero attached hydrogens (tertiary/aromatic N) is 3. The molecule has 3 aromatic rings. The van der Waals surface area contributed by atoms with Gasteiger partial charge < -0.3 is 39.8 Å². The van der Waals surface area contributed by atoms with E-state index in [4.69, 9.17) is 14.2 Å². The number of urea groups is 1. The molecule has 3 N–H and O–H groups in total. The maximum Gasteiger partial charge on any atom is 0.321 e. The minimum absolute atomic E-state index is 0.137. The Morgan fingerprint density at radius 2 is 1.74 bits per heavy atom. The molecule has 0 fully saturated rings. The molecule has 2 aromatic carbocycles. The number of hydrogen-bond acceptors (Lipinski definition) is 8. The van der Waals surface area contributed by atoms with E-state index in [9.17, 15) is 19.5 Å². The Labute approximate surface area is 243 Å². The van der Waals surface area contributed by atoms with Crippen molar-refractivity contribution in [1.29, 1.82) is 0 Å². The number of carbonyl (C=O) groups is 3. The molecule has 2 aliphatic heterocycles. The number of hydrogen-bond donors (Lipinski definition) is 3. The number of ether oxygens (including phenoxy) is 3. The first-order chi connectivity index (χ1) is 20.2. The van der Waals surface area contributed by atoms with Crippen LogP contribution in [-0.4, -0.2) is 83.4 Å². The Kier molecular flexibility index (Phi) is 8.43. The summed E-state index contributed by atoms with van der Waals surface area (Å²) in [4.78, 5) is 46.5. The average molecular weight is 576 g/mol. The number of amides is 4. The lowest BCUT2D eigenvalue weighted by molar-refractivity contribution is 0.0371. The van der Waals surface area contributed by atoms with Crippen LogP contribution in [0.4, 0.5) is 16.2 Å². The highest BCUT2D eigenvalue weighted by atomic mass is 16.7. The lowest BCUT2D eigenvalue weighted by Crippen LogP contribution is -2.50. The van der Waals surface area contributed by atoms with Crippen molar-refractivity contribution in [2.75, 3.05) is 44.2 Å². The fourth-order valence-corrected chi connectivity index (χ4v) is 4.77. The van der Waals surface area contributed by atoms with Crippen LogP contribution >= 0.6 is 0 Å². The van der Waals surface area contributed by atoms with Crippen molar-refractivity contribution in [2.45, 2.75) is 26.0 Å². The van der Waals surface area contributed by atoms with Gasteiger partial charge in [-0.05, 0) is 49.4 Å². The van der Waals surface area contributed by atoms with Crippen LogP contribution in [-0.2, 0) is 0 Å². The molecule has 0 aliphatic carbocycles. The standard InChI is InChI=1S/C30H33N5O7/c1-18-14-35(19(2)16-36)29(38)23-12-21(32-28(37)20-8-10-31-11-9-20)4-6-24(23)42-27(18)15-34(3)30(39)33-22-5-7-25-26(13-22)41-17-40-25/h4-13,18-19,27,36H,14-17H2,1-3H3,(H,32,37)(H,33,39)/t18-,19-,27-/m1/s1. The predicted octanol–water partition coefficient (Wildman–Crippen LogP) is 3.45. The van der Waals surface area contributed by atoms with Crippen LogP contribution in [0.3, 0.4) is 0 Å². The van der Waals surface area contributed by atoms with Crippen molar-refractivity contribution in [2.24, 2.45) is 5.92 Å². The van der Waals surface area contributed by atoms with Crippen LogP contribution in [0.2, 0.25) is 0 Å². The van der Waals surface area contributed by atoms with Crippen LogP contribution in [0.1, 0.15) is 34.6 Å². The van der Waals surface area contributed by atoms with Gasteiger partial charge in [0, 0.05) is 54.9 Å². The molecule has 0 spiro atoms. The van der Waals surface area contributed by atoms with Crippen molar-refractivity contribution in [3.63, 3.8) is 0 Å². The van der Waals surface area contributed by atoms with Gasteiger partial charge in [0.1, 0.15) is 11.9 Å². The van der Waals surface area contributed by atoms with Crippen LogP contribution in [0.25, 0.3) is 0 Å². The number of pyridine rings is 1. The molecule has 0 unspecified atom stereocenters. The number of rotatable bonds is 7. The van der Waals surface area contributed by atoms with Crippen LogP contribution in [0, 0.1) is 5.92 Å². The van der Waals surface area contributed by atoms with Crippen molar-refractivity contribution in [3.8, 4) is 17.2 Å². The molecule has 0 saturated carbocycles. The van der Waals surface area contributed by atoms with Crippen LogP contribution in [0.15, 0.2) is 60.9 Å². The molecule has 3 heterocycles.